The third kappa shape index (κ3) is 8.00. The molecule has 0 heterocycles. The molecule has 0 unspecified atom stereocenters. The maximum atomic E-state index is 13.4. The summed E-state index contributed by atoms with van der Waals surface area (Å²) >= 11 is 0. The van der Waals surface area contributed by atoms with E-state index in [4.69, 9.17) is 0 Å². The average molecular weight is 577 g/mol. The third-order valence-corrected chi connectivity index (χ3v) is 6.25. The Bertz CT molecular complexity index is 1410. The molecule has 0 saturated carbocycles. The van der Waals surface area contributed by atoms with Crippen LogP contribution < -0.4 is 14.8 Å². The molecule has 0 aliphatic carbocycles. The van der Waals surface area contributed by atoms with Crippen LogP contribution in [0.2, 0.25) is 0 Å². The van der Waals surface area contributed by atoms with Crippen molar-refractivity contribution in [1.29, 1.82) is 0 Å². The van der Waals surface area contributed by atoms with E-state index in [-0.39, 0.29) is 29.7 Å². The van der Waals surface area contributed by atoms with Crippen molar-refractivity contribution >= 4 is 5.91 Å². The fourth-order valence-corrected chi connectivity index (χ4v) is 4.50. The van der Waals surface area contributed by atoms with Gasteiger partial charge in [-0.25, -0.2) is 4.39 Å². The van der Waals surface area contributed by atoms with Crippen LogP contribution in [0.25, 0.3) is 0 Å². The number of benzene rings is 4. The highest BCUT2D eigenvalue weighted by atomic mass is 19.4. The lowest BCUT2D eigenvalue weighted by Crippen LogP contribution is -2.43. The summed E-state index contributed by atoms with van der Waals surface area (Å²) in [4.78, 5) is 13.0. The number of hydrogen-bond donors (Lipinski definition) is 1. The molecule has 214 valence electrons. The number of alkyl halides is 6. The van der Waals surface area contributed by atoms with E-state index >= 15 is 0 Å². The predicted octanol–water partition coefficient (Wildman–Crippen LogP) is 7.58. The van der Waals surface area contributed by atoms with Crippen molar-refractivity contribution in [3.05, 3.63) is 131 Å². The van der Waals surface area contributed by atoms with E-state index in [2.05, 4.69) is 14.8 Å². The smallest absolute Gasteiger partial charge is 0.406 e. The zero-order chi connectivity index (χ0) is 29.7. The summed E-state index contributed by atoms with van der Waals surface area (Å²) in [6, 6.07) is 23.4. The van der Waals surface area contributed by atoms with E-state index in [9.17, 15) is 35.5 Å². The van der Waals surface area contributed by atoms with Gasteiger partial charge in [0.15, 0.2) is 0 Å². The van der Waals surface area contributed by atoms with Gasteiger partial charge in [0.25, 0.3) is 5.91 Å². The molecular weight excluding hydrogens is 555 g/mol. The maximum absolute atomic E-state index is 13.4. The fraction of sp³-hybridized carbons (Fsp3) is 0.167. The van der Waals surface area contributed by atoms with Gasteiger partial charge in [0.05, 0.1) is 0 Å². The zero-order valence-electron chi connectivity index (χ0n) is 21.1. The number of halogens is 7. The summed E-state index contributed by atoms with van der Waals surface area (Å²) in [6.45, 7) is -0.275. The largest absolute Gasteiger partial charge is 0.573 e. The number of amides is 1. The van der Waals surface area contributed by atoms with Crippen LogP contribution in [-0.2, 0) is 11.8 Å². The Labute approximate surface area is 230 Å². The Morgan fingerprint density at radius 1 is 0.659 bits per heavy atom. The van der Waals surface area contributed by atoms with Gasteiger partial charge in [0.1, 0.15) is 17.3 Å². The molecule has 0 aliphatic rings. The van der Waals surface area contributed by atoms with Crippen LogP contribution in [0.5, 0.6) is 11.5 Å². The fourth-order valence-electron chi connectivity index (χ4n) is 4.50. The summed E-state index contributed by atoms with van der Waals surface area (Å²) < 4.78 is 100. The van der Waals surface area contributed by atoms with Crippen LogP contribution in [0.1, 0.15) is 27.0 Å². The van der Waals surface area contributed by atoms with Gasteiger partial charge in [0.2, 0.25) is 0 Å². The Balaban J connectivity index is 1.87. The van der Waals surface area contributed by atoms with Crippen LogP contribution in [0.3, 0.4) is 0 Å². The maximum Gasteiger partial charge on any atom is 0.573 e. The molecule has 0 radical (unpaired) electrons. The van der Waals surface area contributed by atoms with Crippen molar-refractivity contribution < 1.29 is 45.0 Å². The van der Waals surface area contributed by atoms with E-state index in [1.54, 1.807) is 30.3 Å². The first-order valence-corrected chi connectivity index (χ1v) is 12.1. The van der Waals surface area contributed by atoms with Crippen LogP contribution in [-0.4, -0.2) is 25.2 Å². The number of ether oxygens (including phenoxy) is 2. The molecule has 0 aliphatic heterocycles. The molecular formula is C30H22F7NO3. The Kier molecular flexibility index (Phi) is 8.55. The first-order valence-electron chi connectivity index (χ1n) is 12.1. The minimum Gasteiger partial charge on any atom is -0.406 e. The number of rotatable bonds is 9. The van der Waals surface area contributed by atoms with Crippen molar-refractivity contribution in [3.63, 3.8) is 0 Å². The van der Waals surface area contributed by atoms with Gasteiger partial charge in [-0.3, -0.25) is 4.79 Å². The van der Waals surface area contributed by atoms with E-state index < -0.39 is 41.4 Å². The first-order chi connectivity index (χ1) is 19.3. The summed E-state index contributed by atoms with van der Waals surface area (Å²) in [5.74, 6) is -2.31. The monoisotopic (exact) mass is 577 g/mol. The van der Waals surface area contributed by atoms with E-state index in [1.807, 2.05) is 0 Å². The predicted molar refractivity (Wildman–Crippen MR) is 136 cm³/mol. The van der Waals surface area contributed by atoms with Crippen molar-refractivity contribution in [1.82, 2.24) is 5.32 Å². The molecule has 4 aromatic carbocycles. The molecule has 0 atom stereocenters. The van der Waals surface area contributed by atoms with Gasteiger partial charge < -0.3 is 14.8 Å². The molecule has 0 bridgehead atoms. The highest BCUT2D eigenvalue weighted by Crippen LogP contribution is 2.40. The molecule has 0 aromatic heterocycles. The van der Waals surface area contributed by atoms with Gasteiger partial charge in [-0.05, 0) is 71.6 Å². The van der Waals surface area contributed by atoms with Crippen LogP contribution in [0, 0.1) is 5.82 Å². The Morgan fingerprint density at radius 2 is 1.17 bits per heavy atom. The quantitative estimate of drug-likeness (QED) is 0.209. The molecule has 11 heteroatoms. The normalized spacial score (nSPS) is 12.1. The number of hydrogen-bond acceptors (Lipinski definition) is 3. The second-order valence-electron chi connectivity index (χ2n) is 9.09. The first kappa shape index (κ1) is 29.4. The van der Waals surface area contributed by atoms with Crippen molar-refractivity contribution in [3.8, 4) is 11.5 Å². The minimum atomic E-state index is -5.00. The summed E-state index contributed by atoms with van der Waals surface area (Å²) in [5.41, 5.74) is -0.220. The van der Waals surface area contributed by atoms with Crippen LogP contribution in [0.15, 0.2) is 103 Å². The molecule has 1 N–H and O–H groups in total. The van der Waals surface area contributed by atoms with Crippen molar-refractivity contribution in [2.45, 2.75) is 24.6 Å². The van der Waals surface area contributed by atoms with Crippen molar-refractivity contribution in [2.75, 3.05) is 6.54 Å². The van der Waals surface area contributed by atoms with Crippen molar-refractivity contribution in [2.24, 2.45) is 0 Å². The Hall–Kier alpha value is -4.54. The number of carbonyl (C=O) groups is 1. The zero-order valence-corrected chi connectivity index (χ0v) is 21.1. The van der Waals surface area contributed by atoms with Crippen LogP contribution in [0.4, 0.5) is 30.7 Å². The lowest BCUT2D eigenvalue weighted by atomic mass is 9.70. The lowest BCUT2D eigenvalue weighted by molar-refractivity contribution is -0.275. The Morgan fingerprint density at radius 3 is 1.66 bits per heavy atom. The van der Waals surface area contributed by atoms with Gasteiger partial charge in [-0.15, -0.1) is 26.3 Å². The molecule has 4 aromatic rings. The molecule has 41 heavy (non-hydrogen) atoms. The molecule has 0 fully saturated rings. The van der Waals surface area contributed by atoms with Gasteiger partial charge >= 0.3 is 12.7 Å². The number of carbonyl (C=O) groups excluding carboxylic acids is 1. The molecule has 4 nitrogen and oxygen atoms in total. The minimum absolute atomic E-state index is 0.0441. The summed E-state index contributed by atoms with van der Waals surface area (Å²) in [7, 11) is 0. The molecule has 0 spiro atoms. The van der Waals surface area contributed by atoms with Gasteiger partial charge in [-0.2, -0.15) is 0 Å². The lowest BCUT2D eigenvalue weighted by Gasteiger charge is -2.36. The highest BCUT2D eigenvalue weighted by Gasteiger charge is 2.38. The highest BCUT2D eigenvalue weighted by molar-refractivity contribution is 5.94. The van der Waals surface area contributed by atoms with Gasteiger partial charge in [0, 0.05) is 17.5 Å². The third-order valence-electron chi connectivity index (χ3n) is 6.25. The topological polar surface area (TPSA) is 47.6 Å². The van der Waals surface area contributed by atoms with Gasteiger partial charge in [-0.1, -0.05) is 54.6 Å². The van der Waals surface area contributed by atoms with E-state index in [0.717, 1.165) is 36.4 Å². The molecule has 4 rings (SSSR count). The molecule has 0 saturated heterocycles. The van der Waals surface area contributed by atoms with Crippen LogP contribution >= 0.6 is 0 Å². The standard InChI is InChI=1S/C30H22F7NO3/c31-24-14-12-21(13-15-24)27(39)38-19-28(18-20-6-2-1-3-7-20,22-8-4-10-25(16-22)40-29(32,33)34)23-9-5-11-26(17-23)41-30(35,36)37/h1-17H,18-19H2,(H,38,39). The summed E-state index contributed by atoms with van der Waals surface area (Å²) in [5, 5.41) is 2.72. The van der Waals surface area contributed by atoms with E-state index in [0.29, 0.717) is 5.56 Å². The second-order valence-corrected chi connectivity index (χ2v) is 9.09. The number of nitrogens with one attached hydrogen (secondary N) is 1. The summed E-state index contributed by atoms with van der Waals surface area (Å²) in [6.07, 6.45) is -9.96. The second kappa shape index (κ2) is 11.9. The van der Waals surface area contributed by atoms with E-state index in [1.165, 1.54) is 36.4 Å². The molecule has 1 amide bonds. The SMILES string of the molecule is O=C(NCC(Cc1ccccc1)(c1cccc(OC(F)(F)F)c1)c1cccc(OC(F)(F)F)c1)c1ccc(F)cc1. The average Bonchev–Trinajstić information content (AvgIpc) is 2.90.